The van der Waals surface area contributed by atoms with Crippen LogP contribution in [0.4, 0.5) is 13.2 Å². The van der Waals surface area contributed by atoms with Crippen LogP contribution in [-0.4, -0.2) is 23.9 Å². The van der Waals surface area contributed by atoms with Gasteiger partial charge in [-0.3, -0.25) is 0 Å². The highest BCUT2D eigenvalue weighted by Crippen LogP contribution is 2.61. The number of halogens is 3. The number of hydrogen-bond acceptors (Lipinski definition) is 4. The van der Waals surface area contributed by atoms with Crippen LogP contribution in [0.25, 0.3) is 0 Å². The molecule has 5 rings (SSSR count). The summed E-state index contributed by atoms with van der Waals surface area (Å²) in [6.07, 6.45) is -2.75. The fourth-order valence-corrected chi connectivity index (χ4v) is 4.90. The van der Waals surface area contributed by atoms with E-state index in [2.05, 4.69) is 6.92 Å². The van der Waals surface area contributed by atoms with Crippen LogP contribution >= 0.6 is 0 Å². The Morgan fingerprint density at radius 1 is 1.13 bits per heavy atom. The molecule has 5 aliphatic rings. The van der Waals surface area contributed by atoms with E-state index < -0.39 is 35.5 Å². The molecule has 6 atom stereocenters. The van der Waals surface area contributed by atoms with Crippen molar-refractivity contribution in [1.29, 1.82) is 0 Å². The molecule has 3 saturated heterocycles. The fraction of sp³-hybridized carbons (Fsp3) is 0.875. The van der Waals surface area contributed by atoms with Crippen LogP contribution < -0.4 is 0 Å². The Bertz CT molecular complexity index is 560. The predicted octanol–water partition coefficient (Wildman–Crippen LogP) is 4.07. The van der Waals surface area contributed by atoms with Crippen LogP contribution in [0.1, 0.15) is 46.5 Å². The fourth-order valence-electron chi connectivity index (χ4n) is 4.90. The van der Waals surface area contributed by atoms with Crippen LogP contribution in [0.5, 0.6) is 0 Å². The molecule has 130 valence electrons. The summed E-state index contributed by atoms with van der Waals surface area (Å²) in [5.74, 6) is -2.00. The first-order valence-corrected chi connectivity index (χ1v) is 8.17. The summed E-state index contributed by atoms with van der Waals surface area (Å²) in [6, 6.07) is 0. The van der Waals surface area contributed by atoms with Gasteiger partial charge in [-0.2, -0.15) is 13.2 Å². The number of alkyl halides is 3. The number of ether oxygens (including phenoxy) is 2. The summed E-state index contributed by atoms with van der Waals surface area (Å²) in [6.45, 7) is 5.31. The molecule has 2 bridgehead atoms. The number of hydrogen-bond donors (Lipinski definition) is 0. The number of allylic oxidation sites excluding steroid dienone is 1. The minimum absolute atomic E-state index is 0.0558. The molecule has 1 aliphatic carbocycles. The SMILES string of the molecule is CC1=C(C(F)(F)F)O[C@@H]2O[C@]3(C)CC[C@H]4[C@H](C)CCC1[C@@]24OO3. The molecule has 0 aromatic carbocycles. The van der Waals surface area contributed by atoms with E-state index in [0.717, 1.165) is 12.8 Å². The summed E-state index contributed by atoms with van der Waals surface area (Å²) in [4.78, 5) is 11.3. The van der Waals surface area contributed by atoms with Gasteiger partial charge in [-0.1, -0.05) is 6.92 Å². The maximum atomic E-state index is 13.4. The van der Waals surface area contributed by atoms with Crippen LogP contribution in [0, 0.1) is 17.8 Å². The van der Waals surface area contributed by atoms with Crippen molar-refractivity contribution in [2.24, 2.45) is 17.8 Å². The molecule has 0 aromatic rings. The highest BCUT2D eigenvalue weighted by molar-refractivity contribution is 5.26. The molecule has 4 heterocycles. The van der Waals surface area contributed by atoms with E-state index in [4.69, 9.17) is 19.2 Å². The molecule has 7 heteroatoms. The first kappa shape index (κ1) is 15.7. The normalized spacial score (nSPS) is 49.5. The van der Waals surface area contributed by atoms with Gasteiger partial charge in [0.05, 0.1) is 0 Å². The van der Waals surface area contributed by atoms with Crippen molar-refractivity contribution in [2.45, 2.75) is 70.3 Å². The molecule has 1 spiro atoms. The van der Waals surface area contributed by atoms with E-state index >= 15 is 0 Å². The quantitative estimate of drug-likeness (QED) is 0.626. The smallest absolute Gasteiger partial charge is 0.448 e. The lowest BCUT2D eigenvalue weighted by atomic mass is 9.59. The van der Waals surface area contributed by atoms with Gasteiger partial charge in [0, 0.05) is 18.3 Å². The van der Waals surface area contributed by atoms with Crippen molar-refractivity contribution >= 4 is 0 Å². The zero-order valence-corrected chi connectivity index (χ0v) is 13.4. The minimum Gasteiger partial charge on any atom is -0.456 e. The molecule has 23 heavy (non-hydrogen) atoms. The first-order valence-electron chi connectivity index (χ1n) is 8.17. The van der Waals surface area contributed by atoms with Crippen LogP contribution in [0.3, 0.4) is 0 Å². The Balaban J connectivity index is 1.87. The Hall–Kier alpha value is -0.790. The topological polar surface area (TPSA) is 36.9 Å². The van der Waals surface area contributed by atoms with Gasteiger partial charge in [-0.25, -0.2) is 9.78 Å². The van der Waals surface area contributed by atoms with Gasteiger partial charge in [-0.05, 0) is 44.6 Å². The van der Waals surface area contributed by atoms with Crippen LogP contribution in [0.2, 0.25) is 0 Å². The van der Waals surface area contributed by atoms with Gasteiger partial charge in [0.15, 0.2) is 5.60 Å². The Morgan fingerprint density at radius 3 is 2.57 bits per heavy atom. The molecular weight excluding hydrogens is 313 g/mol. The van der Waals surface area contributed by atoms with Crippen LogP contribution in [-0.2, 0) is 19.2 Å². The highest BCUT2D eigenvalue weighted by atomic mass is 19.4. The molecule has 0 amide bonds. The van der Waals surface area contributed by atoms with Gasteiger partial charge in [-0.15, -0.1) is 0 Å². The maximum absolute atomic E-state index is 13.4. The third-order valence-corrected chi connectivity index (χ3v) is 6.08. The van der Waals surface area contributed by atoms with E-state index in [0.29, 0.717) is 18.8 Å². The molecule has 4 fully saturated rings. The van der Waals surface area contributed by atoms with Gasteiger partial charge in [0.2, 0.25) is 17.8 Å². The van der Waals surface area contributed by atoms with E-state index in [9.17, 15) is 13.2 Å². The van der Waals surface area contributed by atoms with Crippen LogP contribution in [0.15, 0.2) is 11.3 Å². The highest BCUT2D eigenvalue weighted by Gasteiger charge is 2.69. The van der Waals surface area contributed by atoms with E-state index in [1.807, 2.05) is 0 Å². The summed E-state index contributed by atoms with van der Waals surface area (Å²) in [7, 11) is 0. The van der Waals surface area contributed by atoms with E-state index in [1.165, 1.54) is 6.92 Å². The molecular formula is C16H21F3O4. The van der Waals surface area contributed by atoms with E-state index in [1.54, 1.807) is 6.92 Å². The maximum Gasteiger partial charge on any atom is 0.448 e. The largest absolute Gasteiger partial charge is 0.456 e. The van der Waals surface area contributed by atoms with E-state index in [-0.39, 0.29) is 11.5 Å². The van der Waals surface area contributed by atoms with Gasteiger partial charge >= 0.3 is 6.18 Å². The molecule has 0 aromatic heterocycles. The third-order valence-electron chi connectivity index (χ3n) is 6.08. The lowest BCUT2D eigenvalue weighted by Gasteiger charge is -2.57. The molecule has 0 radical (unpaired) electrons. The Morgan fingerprint density at radius 2 is 1.87 bits per heavy atom. The van der Waals surface area contributed by atoms with Gasteiger partial charge < -0.3 is 9.47 Å². The van der Waals surface area contributed by atoms with Crippen molar-refractivity contribution < 1.29 is 32.4 Å². The monoisotopic (exact) mass is 334 g/mol. The zero-order chi connectivity index (χ0) is 16.6. The average molecular weight is 334 g/mol. The number of rotatable bonds is 0. The number of fused-ring (bicyclic) bond motifs is 2. The van der Waals surface area contributed by atoms with Crippen molar-refractivity contribution in [1.82, 2.24) is 0 Å². The second kappa shape index (κ2) is 4.64. The molecule has 4 nitrogen and oxygen atoms in total. The lowest BCUT2D eigenvalue weighted by Crippen LogP contribution is -2.67. The second-order valence-electron chi connectivity index (χ2n) is 7.48. The standard InChI is InChI=1S/C16H21F3O4/c1-8-4-5-11-9(2)12(16(17,18)19)20-13-15(11)10(8)6-7-14(3,21-13)22-23-15/h8,10-11,13H,4-7H2,1-3H3/t8-,10+,11?,13-,14+,15-/m1/s1. The first-order chi connectivity index (χ1) is 10.7. The summed E-state index contributed by atoms with van der Waals surface area (Å²) >= 11 is 0. The van der Waals surface area contributed by atoms with Gasteiger partial charge in [0.1, 0.15) is 0 Å². The van der Waals surface area contributed by atoms with Crippen molar-refractivity contribution in [3.8, 4) is 0 Å². The minimum atomic E-state index is -4.53. The Labute approximate surface area is 132 Å². The molecule has 4 aliphatic heterocycles. The van der Waals surface area contributed by atoms with Crippen molar-refractivity contribution in [3.05, 3.63) is 11.3 Å². The average Bonchev–Trinajstić information content (AvgIpc) is 2.68. The molecule has 0 N–H and O–H groups in total. The third kappa shape index (κ3) is 2.02. The predicted molar refractivity (Wildman–Crippen MR) is 72.6 cm³/mol. The molecule has 1 unspecified atom stereocenters. The lowest BCUT2D eigenvalue weighted by molar-refractivity contribution is -0.557. The van der Waals surface area contributed by atoms with Crippen molar-refractivity contribution in [2.75, 3.05) is 0 Å². The van der Waals surface area contributed by atoms with Gasteiger partial charge in [0.25, 0.3) is 0 Å². The second-order valence-corrected chi connectivity index (χ2v) is 7.48. The Kier molecular flexibility index (Phi) is 3.17. The summed E-state index contributed by atoms with van der Waals surface area (Å²) in [5.41, 5.74) is -0.782. The molecule has 1 saturated carbocycles. The summed E-state index contributed by atoms with van der Waals surface area (Å²) < 4.78 is 51.3. The summed E-state index contributed by atoms with van der Waals surface area (Å²) in [5, 5.41) is 0. The zero-order valence-electron chi connectivity index (χ0n) is 13.4. The van der Waals surface area contributed by atoms with Crippen molar-refractivity contribution in [3.63, 3.8) is 0 Å².